The molecule has 0 radical (unpaired) electrons. The minimum Gasteiger partial charge on any atom is -0.632 e. The first-order valence-electron chi connectivity index (χ1n) is 25.1. The van der Waals surface area contributed by atoms with Crippen LogP contribution in [0.15, 0.2) is 72.0 Å². The Balaban J connectivity index is 0.709. The molecular weight excluding hydrogens is 885 g/mol. The smallest absolute Gasteiger partial charge is 0.338 e. The van der Waals surface area contributed by atoms with Crippen LogP contribution in [0.25, 0.3) is 0 Å². The van der Waals surface area contributed by atoms with E-state index in [0.29, 0.717) is 64.3 Å². The van der Waals surface area contributed by atoms with Crippen molar-refractivity contribution in [3.8, 4) is 5.75 Å². The Bertz CT molecular complexity index is 2160. The number of quaternary nitrogens is 1. The number of hydrogen-bond donors (Lipinski definition) is 0. The van der Waals surface area contributed by atoms with Crippen molar-refractivity contribution in [2.24, 2.45) is 0 Å². The number of hydroxylamine groups is 5. The summed E-state index contributed by atoms with van der Waals surface area (Å²) in [4.78, 5) is 20.0. The molecule has 0 N–H and O–H groups in total. The molecule has 6 atom stereocenters. The Morgan fingerprint density at radius 2 is 1.26 bits per heavy atom. The first-order chi connectivity index (χ1) is 32.6. The molecule has 6 aliphatic heterocycles. The molecule has 9 rings (SSSR count). The number of epoxide rings is 2. The maximum Gasteiger partial charge on any atom is 0.338 e. The van der Waals surface area contributed by atoms with Gasteiger partial charge >= 0.3 is 5.97 Å². The van der Waals surface area contributed by atoms with E-state index >= 15 is 5.21 Å². The van der Waals surface area contributed by atoms with Crippen LogP contribution in [0, 0.1) is 5.21 Å². The van der Waals surface area contributed by atoms with Crippen LogP contribution in [0.5, 0.6) is 5.75 Å². The third kappa shape index (κ3) is 11.0. The Morgan fingerprint density at radius 1 is 0.696 bits per heavy atom. The largest absolute Gasteiger partial charge is 0.632 e. The fraction of sp³-hybridized carbons (Fsp3) is 0.685. The highest BCUT2D eigenvalue weighted by molar-refractivity contribution is 5.89. The summed E-state index contributed by atoms with van der Waals surface area (Å²) in [5, 5.41) is 17.4. The van der Waals surface area contributed by atoms with Crippen LogP contribution in [0.1, 0.15) is 135 Å². The van der Waals surface area contributed by atoms with Gasteiger partial charge in [0.05, 0.1) is 81.0 Å². The standard InChI is InChI=1S/C54H76N2O13/c1-36(39-15-19-42(20-16-39)60-25-44-27-62-44)56(58)51(7,8)34-54(35-52(56,9)10)66-31-47(68-54)29-64-48(57)41-13-11-38(12-14-41)23-59-24-46-30-65-53(67-46)32-49(3,4)55(50(5,6)33-53)69-37(2)40-17-21-43(22-18-40)61-26-45-28-63-45/h11-17,19-21,36-37,44-47H,18,22-35H2,1-10H3. The fourth-order valence-electron chi connectivity index (χ4n) is 12.3. The van der Waals surface area contributed by atoms with E-state index in [1.807, 2.05) is 71.0 Å². The topological polar surface area (TPSA) is 152 Å². The number of carbonyl (C=O) groups excluding carboxylic acids is 1. The molecule has 7 aliphatic rings. The van der Waals surface area contributed by atoms with Crippen molar-refractivity contribution in [3.05, 3.63) is 93.9 Å². The number of hydrogen-bond acceptors (Lipinski definition) is 14. The second-order valence-corrected chi connectivity index (χ2v) is 23.0. The number of ether oxygens (including phenoxy) is 10. The van der Waals surface area contributed by atoms with E-state index in [0.717, 1.165) is 48.7 Å². The number of piperidine rings is 2. The van der Waals surface area contributed by atoms with Crippen molar-refractivity contribution in [2.45, 2.75) is 185 Å². The first-order valence-corrected chi connectivity index (χ1v) is 25.1. The third-order valence-electron chi connectivity index (χ3n) is 15.2. The van der Waals surface area contributed by atoms with E-state index in [9.17, 15) is 4.79 Å². The molecule has 380 valence electrons. The SMILES string of the molecule is CC(ON1C(C)(C)CC2(CC1(C)C)OCC(COCc1ccc(C(=O)OCC3COC4(CC(C)(C)[N+]([O-])(C(C)c5ccc(OCC6CO6)cc5)C(C)(C)C4)O3)cc1)O2)C1=CC=C(OCC2CO2)CC1. The number of likely N-dealkylation sites (tertiary alicyclic amines) is 1. The van der Waals surface area contributed by atoms with Crippen molar-refractivity contribution in [2.75, 3.05) is 52.9 Å². The van der Waals surface area contributed by atoms with Crippen molar-refractivity contribution in [1.82, 2.24) is 5.06 Å². The van der Waals surface area contributed by atoms with Crippen LogP contribution in [0.3, 0.4) is 0 Å². The van der Waals surface area contributed by atoms with Crippen molar-refractivity contribution in [1.29, 1.82) is 0 Å². The second kappa shape index (κ2) is 19.2. The van der Waals surface area contributed by atoms with Crippen LogP contribution in [0.2, 0.25) is 0 Å². The quantitative estimate of drug-likeness (QED) is 0.0606. The van der Waals surface area contributed by atoms with Gasteiger partial charge in [-0.2, -0.15) is 5.06 Å². The predicted molar refractivity (Wildman–Crippen MR) is 255 cm³/mol. The Morgan fingerprint density at radius 3 is 1.83 bits per heavy atom. The number of allylic oxidation sites excluding steroid dienone is 3. The predicted octanol–water partition coefficient (Wildman–Crippen LogP) is 8.78. The van der Waals surface area contributed by atoms with Gasteiger partial charge in [-0.25, -0.2) is 4.79 Å². The van der Waals surface area contributed by atoms with Gasteiger partial charge in [-0.05, 0) is 129 Å². The minimum absolute atomic E-state index is 0.0368. The van der Waals surface area contributed by atoms with E-state index in [2.05, 4.69) is 51.8 Å². The van der Waals surface area contributed by atoms with E-state index < -0.39 is 39.4 Å². The summed E-state index contributed by atoms with van der Waals surface area (Å²) in [6.45, 7) is 25.1. The molecule has 6 fully saturated rings. The van der Waals surface area contributed by atoms with E-state index in [4.69, 9.17) is 52.2 Å². The molecule has 2 spiro atoms. The zero-order chi connectivity index (χ0) is 49.0. The molecule has 15 nitrogen and oxygen atoms in total. The highest BCUT2D eigenvalue weighted by atomic mass is 16.8. The fourth-order valence-corrected chi connectivity index (χ4v) is 12.3. The molecule has 6 unspecified atom stereocenters. The lowest BCUT2D eigenvalue weighted by molar-refractivity contribution is -1.01. The number of nitrogens with zero attached hydrogens (tertiary/aromatic N) is 2. The lowest BCUT2D eigenvalue weighted by Crippen LogP contribution is -2.75. The average molecular weight is 961 g/mol. The Hall–Kier alpha value is -3.45. The molecule has 1 aliphatic carbocycles. The maximum atomic E-state index is 15.2. The van der Waals surface area contributed by atoms with Gasteiger partial charge in [0.25, 0.3) is 0 Å². The molecule has 0 aromatic heterocycles. The highest BCUT2D eigenvalue weighted by Crippen LogP contribution is 2.57. The normalized spacial score (nSPS) is 29.7. The summed E-state index contributed by atoms with van der Waals surface area (Å²) >= 11 is 0. The summed E-state index contributed by atoms with van der Waals surface area (Å²) in [6.07, 6.45) is 7.70. The maximum absolute atomic E-state index is 15.2. The van der Waals surface area contributed by atoms with Crippen LogP contribution >= 0.6 is 0 Å². The zero-order valence-electron chi connectivity index (χ0n) is 42.5. The number of benzene rings is 2. The molecular formula is C54H76N2O13. The second-order valence-electron chi connectivity index (χ2n) is 23.0. The lowest BCUT2D eigenvalue weighted by Gasteiger charge is -2.70. The number of esters is 1. The molecule has 6 saturated heterocycles. The van der Waals surface area contributed by atoms with E-state index in [1.165, 1.54) is 5.57 Å². The Kier molecular flexibility index (Phi) is 14.0. The minimum atomic E-state index is -0.965. The van der Waals surface area contributed by atoms with Crippen LogP contribution < -0.4 is 4.74 Å². The Labute approximate surface area is 408 Å². The monoisotopic (exact) mass is 961 g/mol. The molecule has 0 amide bonds. The molecule has 6 heterocycles. The van der Waals surface area contributed by atoms with Gasteiger partial charge in [0.2, 0.25) is 0 Å². The van der Waals surface area contributed by atoms with Crippen molar-refractivity contribution < 1.29 is 61.6 Å². The lowest BCUT2D eigenvalue weighted by atomic mass is 9.73. The molecule has 0 bridgehead atoms. The summed E-state index contributed by atoms with van der Waals surface area (Å²) in [6, 6.07) is 14.7. The van der Waals surface area contributed by atoms with Gasteiger partial charge in [0, 0.05) is 35.9 Å². The van der Waals surface area contributed by atoms with Gasteiger partial charge in [-0.15, -0.1) is 0 Å². The number of carbonyl (C=O) groups is 1. The van der Waals surface area contributed by atoms with Crippen LogP contribution in [-0.2, 0) is 54.1 Å². The number of rotatable bonds is 18. The molecule has 2 aromatic carbocycles. The van der Waals surface area contributed by atoms with Gasteiger partial charge in [0.1, 0.15) is 56.0 Å². The summed E-state index contributed by atoms with van der Waals surface area (Å²) < 4.78 is 59.9. The van der Waals surface area contributed by atoms with Gasteiger partial charge in [0.15, 0.2) is 11.6 Å². The third-order valence-corrected chi connectivity index (χ3v) is 15.2. The highest BCUT2D eigenvalue weighted by Gasteiger charge is 2.64. The van der Waals surface area contributed by atoms with Gasteiger partial charge < -0.3 is 57.2 Å². The molecule has 0 saturated carbocycles. The average Bonchev–Trinajstić information content (AvgIpc) is 4.24. The summed E-state index contributed by atoms with van der Waals surface area (Å²) in [7, 11) is 0. The van der Waals surface area contributed by atoms with Crippen LogP contribution in [-0.4, -0.2) is 133 Å². The van der Waals surface area contributed by atoms with E-state index in [1.54, 1.807) is 12.1 Å². The van der Waals surface area contributed by atoms with E-state index in [-0.39, 0.29) is 54.7 Å². The molecule has 15 heteroatoms. The van der Waals surface area contributed by atoms with Gasteiger partial charge in [-0.1, -0.05) is 18.2 Å². The first kappa shape index (κ1) is 50.5. The zero-order valence-corrected chi connectivity index (χ0v) is 42.5. The summed E-state index contributed by atoms with van der Waals surface area (Å²) in [5.41, 5.74) is 1.27. The van der Waals surface area contributed by atoms with Gasteiger partial charge in [-0.3, -0.25) is 4.84 Å². The van der Waals surface area contributed by atoms with Crippen LogP contribution in [0.4, 0.5) is 0 Å². The summed E-state index contributed by atoms with van der Waals surface area (Å²) in [5.74, 6) is -0.389. The molecule has 69 heavy (non-hydrogen) atoms. The van der Waals surface area contributed by atoms with Crippen molar-refractivity contribution in [3.63, 3.8) is 0 Å². The van der Waals surface area contributed by atoms with Crippen molar-refractivity contribution >= 4 is 5.97 Å². The molecule has 2 aromatic rings.